The first-order valence-electron chi connectivity index (χ1n) is 5.73. The summed E-state index contributed by atoms with van der Waals surface area (Å²) < 4.78 is 18.7. The number of benzene rings is 1. The van der Waals surface area contributed by atoms with Crippen LogP contribution in [-0.2, 0) is 6.54 Å². The van der Waals surface area contributed by atoms with Crippen molar-refractivity contribution in [2.45, 2.75) is 38.2 Å². The molecule has 0 aliphatic heterocycles. The zero-order valence-corrected chi connectivity index (χ0v) is 11.2. The first kappa shape index (κ1) is 14.3. The second kappa shape index (κ2) is 6.82. The highest BCUT2D eigenvalue weighted by Gasteiger charge is 2.10. The summed E-state index contributed by atoms with van der Waals surface area (Å²) in [7, 11) is 1.47. The molecule has 2 atom stereocenters. The molecule has 0 saturated carbocycles. The Morgan fingerprint density at radius 1 is 1.41 bits per heavy atom. The molecule has 1 N–H and O–H groups in total. The van der Waals surface area contributed by atoms with Crippen LogP contribution in [0.15, 0.2) is 18.2 Å². The molecule has 0 radical (unpaired) electrons. The van der Waals surface area contributed by atoms with Crippen LogP contribution in [0.2, 0.25) is 0 Å². The number of methoxy groups -OCH3 is 1. The smallest absolute Gasteiger partial charge is 0.169 e. The molecular formula is C13H19ClFNO. The molecule has 1 aromatic carbocycles. The highest BCUT2D eigenvalue weighted by atomic mass is 35.5. The van der Waals surface area contributed by atoms with Crippen LogP contribution in [0, 0.1) is 5.82 Å². The molecule has 4 heteroatoms. The van der Waals surface area contributed by atoms with E-state index in [9.17, 15) is 4.39 Å². The Kier molecular flexibility index (Phi) is 5.72. The highest BCUT2D eigenvalue weighted by Crippen LogP contribution is 2.19. The number of alkyl halides is 1. The fourth-order valence-corrected chi connectivity index (χ4v) is 1.97. The summed E-state index contributed by atoms with van der Waals surface area (Å²) in [5, 5.41) is 3.36. The minimum absolute atomic E-state index is 0.118. The molecule has 1 aromatic rings. The lowest BCUT2D eigenvalue weighted by Gasteiger charge is -2.15. The summed E-state index contributed by atoms with van der Waals surface area (Å²) >= 11 is 5.90. The lowest BCUT2D eigenvalue weighted by atomic mass is 10.1. The molecule has 17 heavy (non-hydrogen) atoms. The lowest BCUT2D eigenvalue weighted by molar-refractivity contribution is 0.382. The molecule has 0 aromatic heterocycles. The minimum Gasteiger partial charge on any atom is -0.494 e. The maximum Gasteiger partial charge on any atom is 0.169 e. The van der Waals surface area contributed by atoms with Gasteiger partial charge in [0.2, 0.25) is 0 Å². The Morgan fingerprint density at radius 2 is 2.12 bits per heavy atom. The van der Waals surface area contributed by atoms with Gasteiger partial charge in [0.15, 0.2) is 11.6 Å². The van der Waals surface area contributed by atoms with Gasteiger partial charge in [-0.15, -0.1) is 11.6 Å². The van der Waals surface area contributed by atoms with Crippen LogP contribution in [0.1, 0.15) is 25.8 Å². The molecule has 0 bridgehead atoms. The number of rotatable bonds is 6. The Labute approximate surface area is 107 Å². The molecular weight excluding hydrogens is 241 g/mol. The summed E-state index contributed by atoms with van der Waals surface area (Å²) in [5.74, 6) is -0.0173. The minimum atomic E-state index is -0.298. The topological polar surface area (TPSA) is 21.3 Å². The van der Waals surface area contributed by atoms with E-state index in [2.05, 4.69) is 5.32 Å². The molecule has 0 heterocycles. The monoisotopic (exact) mass is 259 g/mol. The SMILES string of the molecule is COc1cccc(CNC(C)CC(C)Cl)c1F. The third-order valence-corrected chi connectivity index (χ3v) is 2.76. The standard InChI is InChI=1S/C13H19ClFNO/c1-9(14)7-10(2)16-8-11-5-4-6-12(17-3)13(11)15/h4-6,9-10,16H,7-8H2,1-3H3. The van der Waals surface area contributed by atoms with Crippen molar-refractivity contribution in [3.63, 3.8) is 0 Å². The molecule has 0 amide bonds. The number of ether oxygens (including phenoxy) is 1. The molecule has 0 aliphatic rings. The van der Waals surface area contributed by atoms with Gasteiger partial charge in [0.25, 0.3) is 0 Å². The van der Waals surface area contributed by atoms with Crippen molar-refractivity contribution in [2.24, 2.45) is 0 Å². The van der Waals surface area contributed by atoms with Gasteiger partial charge < -0.3 is 10.1 Å². The summed E-state index contributed by atoms with van der Waals surface area (Å²) in [6.07, 6.45) is 0.854. The summed E-state index contributed by atoms with van der Waals surface area (Å²) in [6, 6.07) is 5.41. The Balaban J connectivity index is 2.57. The fraction of sp³-hybridized carbons (Fsp3) is 0.538. The average molecular weight is 260 g/mol. The van der Waals surface area contributed by atoms with Crippen molar-refractivity contribution in [1.82, 2.24) is 5.32 Å². The van der Waals surface area contributed by atoms with Crippen LogP contribution in [0.5, 0.6) is 5.75 Å². The predicted octanol–water partition coefficient (Wildman–Crippen LogP) is 3.33. The second-order valence-electron chi connectivity index (χ2n) is 4.23. The molecule has 0 aliphatic carbocycles. The third-order valence-electron chi connectivity index (χ3n) is 2.58. The van der Waals surface area contributed by atoms with Crippen molar-refractivity contribution in [3.05, 3.63) is 29.6 Å². The largest absolute Gasteiger partial charge is 0.494 e. The van der Waals surface area contributed by atoms with E-state index < -0.39 is 0 Å². The van der Waals surface area contributed by atoms with E-state index >= 15 is 0 Å². The molecule has 0 saturated heterocycles. The van der Waals surface area contributed by atoms with Crippen LogP contribution >= 0.6 is 11.6 Å². The predicted molar refractivity (Wildman–Crippen MR) is 69.2 cm³/mol. The Hall–Kier alpha value is -0.800. The second-order valence-corrected chi connectivity index (χ2v) is 4.98. The first-order valence-corrected chi connectivity index (χ1v) is 6.17. The third kappa shape index (κ3) is 4.52. The van der Waals surface area contributed by atoms with Gasteiger partial charge in [0.1, 0.15) is 0 Å². The molecule has 0 fully saturated rings. The maximum absolute atomic E-state index is 13.8. The normalized spacial score (nSPS) is 14.4. The highest BCUT2D eigenvalue weighted by molar-refractivity contribution is 6.20. The van der Waals surface area contributed by atoms with Crippen LogP contribution in [0.4, 0.5) is 4.39 Å². The Morgan fingerprint density at radius 3 is 2.71 bits per heavy atom. The van der Waals surface area contributed by atoms with Crippen LogP contribution in [0.3, 0.4) is 0 Å². The molecule has 2 nitrogen and oxygen atoms in total. The number of hydrogen-bond donors (Lipinski definition) is 1. The van der Waals surface area contributed by atoms with Gasteiger partial charge in [-0.05, 0) is 26.3 Å². The summed E-state index contributed by atoms with van der Waals surface area (Å²) in [6.45, 7) is 4.47. The first-order chi connectivity index (χ1) is 8.04. The molecule has 2 unspecified atom stereocenters. The summed E-state index contributed by atoms with van der Waals surface area (Å²) in [4.78, 5) is 0. The van der Waals surface area contributed by atoms with Gasteiger partial charge in [0, 0.05) is 23.5 Å². The van der Waals surface area contributed by atoms with E-state index in [1.807, 2.05) is 13.8 Å². The number of halogens is 2. The summed E-state index contributed by atoms with van der Waals surface area (Å²) in [5.41, 5.74) is 0.610. The molecule has 0 spiro atoms. The van der Waals surface area contributed by atoms with E-state index in [1.54, 1.807) is 18.2 Å². The molecule has 96 valence electrons. The lowest BCUT2D eigenvalue weighted by Crippen LogP contribution is -2.27. The fourth-order valence-electron chi connectivity index (χ4n) is 1.71. The maximum atomic E-state index is 13.8. The van der Waals surface area contributed by atoms with Gasteiger partial charge in [-0.25, -0.2) is 4.39 Å². The van der Waals surface area contributed by atoms with Crippen molar-refractivity contribution in [1.29, 1.82) is 0 Å². The van der Waals surface area contributed by atoms with Crippen molar-refractivity contribution >= 4 is 11.6 Å². The van der Waals surface area contributed by atoms with Crippen molar-refractivity contribution in [2.75, 3.05) is 7.11 Å². The van der Waals surface area contributed by atoms with Gasteiger partial charge in [-0.1, -0.05) is 12.1 Å². The van der Waals surface area contributed by atoms with Crippen molar-refractivity contribution in [3.8, 4) is 5.75 Å². The zero-order valence-electron chi connectivity index (χ0n) is 10.5. The number of nitrogens with one attached hydrogen (secondary N) is 1. The van der Waals surface area contributed by atoms with Gasteiger partial charge >= 0.3 is 0 Å². The Bertz CT molecular complexity index is 357. The zero-order chi connectivity index (χ0) is 12.8. The van der Waals surface area contributed by atoms with Crippen LogP contribution < -0.4 is 10.1 Å². The van der Waals surface area contributed by atoms with Crippen LogP contribution in [0.25, 0.3) is 0 Å². The quantitative estimate of drug-likeness (QED) is 0.792. The van der Waals surface area contributed by atoms with E-state index in [0.29, 0.717) is 12.1 Å². The van der Waals surface area contributed by atoms with E-state index in [0.717, 1.165) is 6.42 Å². The van der Waals surface area contributed by atoms with Crippen molar-refractivity contribution < 1.29 is 9.13 Å². The molecule has 1 rings (SSSR count). The van der Waals surface area contributed by atoms with Gasteiger partial charge in [-0.3, -0.25) is 0 Å². The average Bonchev–Trinajstić information content (AvgIpc) is 2.27. The van der Waals surface area contributed by atoms with Gasteiger partial charge in [0.05, 0.1) is 7.11 Å². The van der Waals surface area contributed by atoms with E-state index in [4.69, 9.17) is 16.3 Å². The van der Waals surface area contributed by atoms with E-state index in [-0.39, 0.29) is 23.0 Å². The number of hydrogen-bond acceptors (Lipinski definition) is 2. The van der Waals surface area contributed by atoms with Crippen LogP contribution in [-0.4, -0.2) is 18.5 Å². The van der Waals surface area contributed by atoms with Gasteiger partial charge in [-0.2, -0.15) is 0 Å². The van der Waals surface area contributed by atoms with E-state index in [1.165, 1.54) is 7.11 Å².